The Hall–Kier alpha value is -0.610. The van der Waals surface area contributed by atoms with Crippen LogP contribution in [-0.4, -0.2) is 36.2 Å². The minimum atomic E-state index is -0.322. The molecule has 0 aromatic carbocycles. The van der Waals surface area contributed by atoms with Crippen LogP contribution in [0.3, 0.4) is 0 Å². The minimum Gasteiger partial charge on any atom is -0.396 e. The first-order valence-corrected chi connectivity index (χ1v) is 5.54. The maximum atomic E-state index is 12.0. The van der Waals surface area contributed by atoms with Crippen molar-refractivity contribution >= 4 is 5.91 Å². The zero-order chi connectivity index (χ0) is 11.5. The second-order valence-electron chi connectivity index (χ2n) is 5.30. The van der Waals surface area contributed by atoms with Crippen LogP contribution in [0.1, 0.15) is 33.6 Å². The van der Waals surface area contributed by atoms with Crippen molar-refractivity contribution in [1.29, 1.82) is 0 Å². The molecule has 0 bridgehead atoms. The summed E-state index contributed by atoms with van der Waals surface area (Å²) >= 11 is 0. The summed E-state index contributed by atoms with van der Waals surface area (Å²) in [5.74, 6) is 0.0888. The van der Waals surface area contributed by atoms with Crippen molar-refractivity contribution < 1.29 is 9.90 Å². The van der Waals surface area contributed by atoms with Crippen LogP contribution in [0.2, 0.25) is 0 Å². The molecule has 0 aliphatic carbocycles. The normalized spacial score (nSPS) is 26.7. The topological polar surface area (TPSA) is 61.4 Å². The number of rotatable bonds is 4. The van der Waals surface area contributed by atoms with Gasteiger partial charge in [-0.1, -0.05) is 0 Å². The van der Waals surface area contributed by atoms with E-state index in [1.807, 2.05) is 20.8 Å². The molecule has 1 heterocycles. The summed E-state index contributed by atoms with van der Waals surface area (Å²) in [5.41, 5.74) is -0.607. The zero-order valence-electron chi connectivity index (χ0n) is 9.89. The van der Waals surface area contributed by atoms with Crippen LogP contribution in [0.5, 0.6) is 0 Å². The van der Waals surface area contributed by atoms with E-state index < -0.39 is 0 Å². The number of aliphatic hydroxyl groups is 1. The second kappa shape index (κ2) is 4.49. The molecule has 4 nitrogen and oxygen atoms in total. The Bertz CT molecular complexity index is 233. The van der Waals surface area contributed by atoms with Gasteiger partial charge in [-0.2, -0.15) is 0 Å². The lowest BCUT2D eigenvalue weighted by Crippen LogP contribution is -2.50. The Labute approximate surface area is 91.4 Å². The summed E-state index contributed by atoms with van der Waals surface area (Å²) < 4.78 is 0. The Balaban J connectivity index is 2.54. The number of hydrogen-bond donors (Lipinski definition) is 3. The molecule has 1 unspecified atom stereocenters. The van der Waals surface area contributed by atoms with Crippen molar-refractivity contribution in [3.8, 4) is 0 Å². The van der Waals surface area contributed by atoms with Gasteiger partial charge in [0.2, 0.25) is 5.91 Å². The summed E-state index contributed by atoms with van der Waals surface area (Å²) in [6.45, 7) is 7.61. The molecule has 0 aromatic rings. The summed E-state index contributed by atoms with van der Waals surface area (Å²) in [4.78, 5) is 12.0. The number of aliphatic hydroxyl groups excluding tert-OH is 1. The van der Waals surface area contributed by atoms with Crippen molar-refractivity contribution in [2.24, 2.45) is 5.41 Å². The first-order valence-electron chi connectivity index (χ1n) is 5.54. The van der Waals surface area contributed by atoms with Crippen LogP contribution < -0.4 is 10.6 Å². The predicted molar refractivity (Wildman–Crippen MR) is 59.5 cm³/mol. The van der Waals surface area contributed by atoms with Gasteiger partial charge in [0.15, 0.2) is 0 Å². The third kappa shape index (κ3) is 3.18. The fourth-order valence-electron chi connectivity index (χ4n) is 1.81. The summed E-state index contributed by atoms with van der Waals surface area (Å²) in [6.07, 6.45) is 1.47. The highest BCUT2D eigenvalue weighted by molar-refractivity contribution is 5.83. The molecule has 0 radical (unpaired) electrons. The lowest BCUT2D eigenvalue weighted by Gasteiger charge is -2.31. The van der Waals surface area contributed by atoms with Crippen molar-refractivity contribution in [3.05, 3.63) is 0 Å². The molecule has 1 aliphatic heterocycles. The molecule has 1 aliphatic rings. The van der Waals surface area contributed by atoms with Gasteiger partial charge >= 0.3 is 0 Å². The lowest BCUT2D eigenvalue weighted by atomic mass is 9.87. The Morgan fingerprint density at radius 3 is 2.73 bits per heavy atom. The summed E-state index contributed by atoms with van der Waals surface area (Å²) in [5, 5.41) is 15.1. The van der Waals surface area contributed by atoms with Crippen LogP contribution in [0.15, 0.2) is 0 Å². The fraction of sp³-hybridized carbons (Fsp3) is 0.909. The van der Waals surface area contributed by atoms with E-state index in [0.29, 0.717) is 6.42 Å². The molecule has 3 N–H and O–H groups in total. The number of carbonyl (C=O) groups is 1. The first-order chi connectivity index (χ1) is 6.90. The lowest BCUT2D eigenvalue weighted by molar-refractivity contribution is -0.131. The van der Waals surface area contributed by atoms with Crippen molar-refractivity contribution in [3.63, 3.8) is 0 Å². The van der Waals surface area contributed by atoms with Crippen LogP contribution in [-0.2, 0) is 4.79 Å². The summed E-state index contributed by atoms with van der Waals surface area (Å²) in [6, 6.07) is 0. The molecule has 0 spiro atoms. The Morgan fingerprint density at radius 1 is 1.60 bits per heavy atom. The maximum absolute atomic E-state index is 12.0. The SMILES string of the molecule is CC(C)(CCO)NC(=O)C1(C)CCNC1. The molecule has 1 amide bonds. The molecule has 1 saturated heterocycles. The summed E-state index contributed by atoms with van der Waals surface area (Å²) in [7, 11) is 0. The van der Waals surface area contributed by atoms with Gasteiger partial charge in [-0.25, -0.2) is 0 Å². The standard InChI is InChI=1S/C11H22N2O2/c1-10(2,5-7-14)13-9(15)11(3)4-6-12-8-11/h12,14H,4-8H2,1-3H3,(H,13,15). The van der Waals surface area contributed by atoms with Crippen molar-refractivity contribution in [1.82, 2.24) is 10.6 Å². The van der Waals surface area contributed by atoms with Crippen LogP contribution in [0, 0.1) is 5.41 Å². The first kappa shape index (κ1) is 12.5. The van der Waals surface area contributed by atoms with E-state index in [-0.39, 0.29) is 23.5 Å². The predicted octanol–water partition coefficient (Wildman–Crippen LogP) is 0.263. The monoisotopic (exact) mass is 214 g/mol. The number of amides is 1. The van der Waals surface area contributed by atoms with E-state index in [2.05, 4.69) is 10.6 Å². The average molecular weight is 214 g/mol. The van der Waals surface area contributed by atoms with E-state index >= 15 is 0 Å². The van der Waals surface area contributed by atoms with Gasteiger partial charge in [-0.3, -0.25) is 4.79 Å². The number of hydrogen-bond acceptors (Lipinski definition) is 3. The molecule has 88 valence electrons. The van der Waals surface area contributed by atoms with Crippen LogP contribution >= 0.6 is 0 Å². The fourth-order valence-corrected chi connectivity index (χ4v) is 1.81. The zero-order valence-corrected chi connectivity index (χ0v) is 9.89. The number of nitrogens with one attached hydrogen (secondary N) is 2. The molecule has 4 heteroatoms. The van der Waals surface area contributed by atoms with Crippen LogP contribution in [0.25, 0.3) is 0 Å². The molecular formula is C11H22N2O2. The third-order valence-electron chi connectivity index (χ3n) is 3.11. The van der Waals surface area contributed by atoms with E-state index in [9.17, 15) is 4.79 Å². The van der Waals surface area contributed by atoms with E-state index in [1.165, 1.54) is 0 Å². The molecule has 15 heavy (non-hydrogen) atoms. The van der Waals surface area contributed by atoms with Gasteiger partial charge in [-0.15, -0.1) is 0 Å². The second-order valence-corrected chi connectivity index (χ2v) is 5.30. The largest absolute Gasteiger partial charge is 0.396 e. The van der Waals surface area contributed by atoms with Crippen molar-refractivity contribution in [2.75, 3.05) is 19.7 Å². The maximum Gasteiger partial charge on any atom is 0.227 e. The Kier molecular flexibility index (Phi) is 3.73. The third-order valence-corrected chi connectivity index (χ3v) is 3.11. The van der Waals surface area contributed by atoms with Gasteiger partial charge in [-0.05, 0) is 40.2 Å². The van der Waals surface area contributed by atoms with Gasteiger partial charge < -0.3 is 15.7 Å². The van der Waals surface area contributed by atoms with Crippen LogP contribution in [0.4, 0.5) is 0 Å². The van der Waals surface area contributed by atoms with E-state index in [0.717, 1.165) is 19.5 Å². The smallest absolute Gasteiger partial charge is 0.227 e. The number of carbonyl (C=O) groups excluding carboxylic acids is 1. The molecule has 1 rings (SSSR count). The molecule has 0 saturated carbocycles. The Morgan fingerprint density at radius 2 is 2.27 bits per heavy atom. The highest BCUT2D eigenvalue weighted by Crippen LogP contribution is 2.25. The minimum absolute atomic E-state index is 0.0888. The van der Waals surface area contributed by atoms with Gasteiger partial charge in [0.1, 0.15) is 0 Å². The highest BCUT2D eigenvalue weighted by atomic mass is 16.3. The quantitative estimate of drug-likeness (QED) is 0.629. The molecule has 1 atom stereocenters. The average Bonchev–Trinajstić information content (AvgIpc) is 2.52. The molecule has 1 fully saturated rings. The molecule has 0 aromatic heterocycles. The van der Waals surface area contributed by atoms with Gasteiger partial charge in [0.05, 0.1) is 5.41 Å². The van der Waals surface area contributed by atoms with E-state index in [4.69, 9.17) is 5.11 Å². The highest BCUT2D eigenvalue weighted by Gasteiger charge is 2.38. The van der Waals surface area contributed by atoms with Crippen molar-refractivity contribution in [2.45, 2.75) is 39.2 Å². The van der Waals surface area contributed by atoms with Gasteiger partial charge in [0, 0.05) is 18.7 Å². The van der Waals surface area contributed by atoms with Gasteiger partial charge in [0.25, 0.3) is 0 Å². The molecular weight excluding hydrogens is 192 g/mol. The van der Waals surface area contributed by atoms with E-state index in [1.54, 1.807) is 0 Å².